The number of nitrogens with one attached hydrogen (secondary N) is 1. The predicted octanol–water partition coefficient (Wildman–Crippen LogP) is 3.70. The van der Waals surface area contributed by atoms with Crippen LogP contribution in [0.5, 0.6) is 0 Å². The van der Waals surface area contributed by atoms with Gasteiger partial charge in [-0.25, -0.2) is 0 Å². The minimum atomic E-state index is -0.133. The second kappa shape index (κ2) is 6.26. The molecule has 1 aliphatic rings. The van der Waals surface area contributed by atoms with E-state index in [2.05, 4.69) is 31.1 Å². The van der Waals surface area contributed by atoms with Gasteiger partial charge in [-0.15, -0.1) is 0 Å². The predicted molar refractivity (Wildman–Crippen MR) is 87.8 cm³/mol. The molecule has 1 amide bonds. The van der Waals surface area contributed by atoms with Crippen molar-refractivity contribution < 1.29 is 4.79 Å². The molecule has 0 bridgehead atoms. The summed E-state index contributed by atoms with van der Waals surface area (Å²) in [5, 5.41) is 2.88. The molecule has 0 aliphatic carbocycles. The standard InChI is InChI=1S/C16H16BrN3O/c17-13-3-5-14(6-4-13)19-16(21)12-9-15(11-18-10-12)20-7-1-2-8-20/h3-6,9-11H,1-2,7-8H2,(H,19,21). The maximum absolute atomic E-state index is 12.3. The molecule has 21 heavy (non-hydrogen) atoms. The molecule has 1 aromatic carbocycles. The molecule has 1 aromatic heterocycles. The van der Waals surface area contributed by atoms with E-state index in [9.17, 15) is 4.79 Å². The van der Waals surface area contributed by atoms with Gasteiger partial charge in [0.05, 0.1) is 17.4 Å². The van der Waals surface area contributed by atoms with Gasteiger partial charge in [-0.2, -0.15) is 0 Å². The van der Waals surface area contributed by atoms with E-state index in [0.717, 1.165) is 28.9 Å². The van der Waals surface area contributed by atoms with Crippen LogP contribution in [0.15, 0.2) is 47.2 Å². The molecule has 108 valence electrons. The van der Waals surface area contributed by atoms with Crippen LogP contribution in [0, 0.1) is 0 Å². The first-order chi connectivity index (χ1) is 10.2. The first kappa shape index (κ1) is 14.1. The highest BCUT2D eigenvalue weighted by atomic mass is 79.9. The first-order valence-corrected chi connectivity index (χ1v) is 7.78. The van der Waals surface area contributed by atoms with Crippen LogP contribution >= 0.6 is 15.9 Å². The monoisotopic (exact) mass is 345 g/mol. The Morgan fingerprint density at radius 2 is 1.86 bits per heavy atom. The van der Waals surface area contributed by atoms with Gasteiger partial charge in [0.2, 0.25) is 0 Å². The summed E-state index contributed by atoms with van der Waals surface area (Å²) in [5.74, 6) is -0.133. The second-order valence-electron chi connectivity index (χ2n) is 5.09. The van der Waals surface area contributed by atoms with Gasteiger partial charge in [-0.3, -0.25) is 9.78 Å². The van der Waals surface area contributed by atoms with Crippen molar-refractivity contribution in [2.24, 2.45) is 0 Å². The number of carbonyl (C=O) groups is 1. The fraction of sp³-hybridized carbons (Fsp3) is 0.250. The van der Waals surface area contributed by atoms with Gasteiger partial charge in [-0.05, 0) is 43.2 Å². The van der Waals surface area contributed by atoms with Crippen LogP contribution in [0.2, 0.25) is 0 Å². The highest BCUT2D eigenvalue weighted by molar-refractivity contribution is 9.10. The summed E-state index contributed by atoms with van der Waals surface area (Å²) in [4.78, 5) is 18.7. The third-order valence-electron chi connectivity index (χ3n) is 3.56. The Kier molecular flexibility index (Phi) is 4.20. The zero-order chi connectivity index (χ0) is 14.7. The van der Waals surface area contributed by atoms with Crippen molar-refractivity contribution in [3.63, 3.8) is 0 Å². The van der Waals surface area contributed by atoms with Gasteiger partial charge >= 0.3 is 0 Å². The summed E-state index contributed by atoms with van der Waals surface area (Å²) in [6, 6.07) is 9.43. The Morgan fingerprint density at radius 1 is 1.14 bits per heavy atom. The Labute approximate surface area is 132 Å². The fourth-order valence-corrected chi connectivity index (χ4v) is 2.70. The Balaban J connectivity index is 1.74. The number of aromatic nitrogens is 1. The molecule has 5 heteroatoms. The number of carbonyl (C=O) groups excluding carboxylic acids is 1. The molecule has 0 saturated carbocycles. The molecule has 1 aliphatic heterocycles. The highest BCUT2D eigenvalue weighted by Gasteiger charge is 2.14. The number of hydrogen-bond donors (Lipinski definition) is 1. The highest BCUT2D eigenvalue weighted by Crippen LogP contribution is 2.21. The van der Waals surface area contributed by atoms with Crippen LogP contribution in [-0.2, 0) is 0 Å². The minimum Gasteiger partial charge on any atom is -0.370 e. The average Bonchev–Trinajstić information content (AvgIpc) is 3.04. The summed E-state index contributed by atoms with van der Waals surface area (Å²) in [6.45, 7) is 2.08. The largest absolute Gasteiger partial charge is 0.370 e. The maximum atomic E-state index is 12.3. The average molecular weight is 346 g/mol. The molecule has 0 spiro atoms. The topological polar surface area (TPSA) is 45.2 Å². The number of benzene rings is 1. The number of hydrogen-bond acceptors (Lipinski definition) is 3. The Morgan fingerprint density at radius 3 is 2.57 bits per heavy atom. The van der Waals surface area contributed by atoms with Crippen LogP contribution in [0.3, 0.4) is 0 Å². The van der Waals surface area contributed by atoms with Crippen LogP contribution in [0.4, 0.5) is 11.4 Å². The van der Waals surface area contributed by atoms with Crippen molar-refractivity contribution in [1.29, 1.82) is 0 Å². The molecule has 1 fully saturated rings. The van der Waals surface area contributed by atoms with E-state index < -0.39 is 0 Å². The molecule has 3 rings (SSSR count). The Bertz CT molecular complexity index is 636. The SMILES string of the molecule is O=C(Nc1ccc(Br)cc1)c1cncc(N2CCCC2)c1. The lowest BCUT2D eigenvalue weighted by Gasteiger charge is -2.17. The van der Waals surface area contributed by atoms with Crippen molar-refractivity contribution in [3.8, 4) is 0 Å². The van der Waals surface area contributed by atoms with Crippen molar-refractivity contribution in [3.05, 3.63) is 52.8 Å². The van der Waals surface area contributed by atoms with E-state index >= 15 is 0 Å². The van der Waals surface area contributed by atoms with E-state index in [1.165, 1.54) is 12.8 Å². The zero-order valence-corrected chi connectivity index (χ0v) is 13.1. The third-order valence-corrected chi connectivity index (χ3v) is 4.09. The number of rotatable bonds is 3. The van der Waals surface area contributed by atoms with E-state index in [1.54, 1.807) is 6.20 Å². The lowest BCUT2D eigenvalue weighted by molar-refractivity contribution is 0.102. The smallest absolute Gasteiger partial charge is 0.257 e. The molecule has 4 nitrogen and oxygen atoms in total. The third kappa shape index (κ3) is 3.42. The molecular formula is C16H16BrN3O. The molecule has 0 unspecified atom stereocenters. The van der Waals surface area contributed by atoms with Gasteiger partial charge in [0.25, 0.3) is 5.91 Å². The molecule has 1 saturated heterocycles. The lowest BCUT2D eigenvalue weighted by atomic mass is 10.2. The van der Waals surface area contributed by atoms with E-state index in [1.807, 2.05) is 36.5 Å². The van der Waals surface area contributed by atoms with Crippen LogP contribution in [0.25, 0.3) is 0 Å². The number of pyridine rings is 1. The number of anilines is 2. The maximum Gasteiger partial charge on any atom is 0.257 e. The second-order valence-corrected chi connectivity index (χ2v) is 6.00. The number of halogens is 1. The summed E-state index contributed by atoms with van der Waals surface area (Å²) in [6.07, 6.45) is 5.83. The lowest BCUT2D eigenvalue weighted by Crippen LogP contribution is -2.19. The van der Waals surface area contributed by atoms with Crippen LogP contribution < -0.4 is 10.2 Å². The van der Waals surface area contributed by atoms with Gasteiger partial charge in [0.1, 0.15) is 0 Å². The van der Waals surface area contributed by atoms with Gasteiger partial charge in [0, 0.05) is 29.4 Å². The van der Waals surface area contributed by atoms with Crippen LogP contribution in [-0.4, -0.2) is 24.0 Å². The summed E-state index contributed by atoms with van der Waals surface area (Å²) < 4.78 is 0.984. The van der Waals surface area contributed by atoms with Crippen molar-refractivity contribution in [1.82, 2.24) is 4.98 Å². The molecule has 0 radical (unpaired) electrons. The first-order valence-electron chi connectivity index (χ1n) is 6.99. The summed E-state index contributed by atoms with van der Waals surface area (Å²) >= 11 is 3.38. The normalized spacial score (nSPS) is 14.2. The summed E-state index contributed by atoms with van der Waals surface area (Å²) in [7, 11) is 0. The molecule has 2 aromatic rings. The zero-order valence-electron chi connectivity index (χ0n) is 11.6. The van der Waals surface area contributed by atoms with Gasteiger partial charge < -0.3 is 10.2 Å². The molecule has 1 N–H and O–H groups in total. The van der Waals surface area contributed by atoms with E-state index in [0.29, 0.717) is 5.56 Å². The Hall–Kier alpha value is -1.88. The quantitative estimate of drug-likeness (QED) is 0.922. The van der Waals surface area contributed by atoms with Crippen LogP contribution in [0.1, 0.15) is 23.2 Å². The molecule has 0 atom stereocenters. The van der Waals surface area contributed by atoms with Crippen molar-refractivity contribution >= 4 is 33.2 Å². The number of amides is 1. The van der Waals surface area contributed by atoms with Crippen molar-refractivity contribution in [2.75, 3.05) is 23.3 Å². The summed E-state index contributed by atoms with van der Waals surface area (Å²) in [5.41, 5.74) is 2.38. The molecule has 2 heterocycles. The van der Waals surface area contributed by atoms with Crippen molar-refractivity contribution in [2.45, 2.75) is 12.8 Å². The van der Waals surface area contributed by atoms with E-state index in [-0.39, 0.29) is 5.91 Å². The molecular weight excluding hydrogens is 330 g/mol. The minimum absolute atomic E-state index is 0.133. The van der Waals surface area contributed by atoms with Gasteiger partial charge in [-0.1, -0.05) is 15.9 Å². The van der Waals surface area contributed by atoms with E-state index in [4.69, 9.17) is 0 Å². The number of nitrogens with zero attached hydrogens (tertiary/aromatic N) is 2. The fourth-order valence-electron chi connectivity index (χ4n) is 2.44. The van der Waals surface area contributed by atoms with Gasteiger partial charge in [0.15, 0.2) is 0 Å².